The highest BCUT2D eigenvalue weighted by molar-refractivity contribution is 7.13. The van der Waals surface area contributed by atoms with Gasteiger partial charge in [-0.05, 0) is 6.92 Å². The molecule has 17 heavy (non-hydrogen) atoms. The third-order valence-corrected chi connectivity index (χ3v) is 3.35. The number of rotatable bonds is 2. The summed E-state index contributed by atoms with van der Waals surface area (Å²) in [5.41, 5.74) is 3.58. The van der Waals surface area contributed by atoms with E-state index in [0.717, 1.165) is 22.1 Å². The van der Waals surface area contributed by atoms with Crippen molar-refractivity contribution < 1.29 is 0 Å². The summed E-state index contributed by atoms with van der Waals surface area (Å²) in [6, 6.07) is 0. The fourth-order valence-electron chi connectivity index (χ4n) is 1.52. The van der Waals surface area contributed by atoms with Gasteiger partial charge in [-0.1, -0.05) is 10.4 Å². The molecule has 0 fully saturated rings. The number of hydrogen-bond acceptors (Lipinski definition) is 6. The number of nitrogens with zero attached hydrogens (tertiary/aromatic N) is 7. The minimum Gasteiger partial charge on any atom is -0.249 e. The third kappa shape index (κ3) is 1.62. The lowest BCUT2D eigenvalue weighted by Gasteiger charge is -1.96. The molecule has 3 heterocycles. The van der Waals surface area contributed by atoms with E-state index in [9.17, 15) is 0 Å². The smallest absolute Gasteiger partial charge is 0.173 e. The maximum Gasteiger partial charge on any atom is 0.173 e. The average Bonchev–Trinajstić information content (AvgIpc) is 2.97. The van der Waals surface area contributed by atoms with Gasteiger partial charge in [-0.3, -0.25) is 0 Å². The van der Waals surface area contributed by atoms with Crippen molar-refractivity contribution in [3.8, 4) is 16.4 Å². The minimum atomic E-state index is 0.769. The molecule has 0 bridgehead atoms. The largest absolute Gasteiger partial charge is 0.249 e. The molecule has 0 aliphatic heterocycles. The lowest BCUT2D eigenvalue weighted by Crippen LogP contribution is -2.03. The normalized spacial score (nSPS) is 10.9. The molecule has 8 heteroatoms. The second kappa shape index (κ2) is 3.74. The summed E-state index contributed by atoms with van der Waals surface area (Å²) in [4.78, 5) is 5.23. The van der Waals surface area contributed by atoms with Gasteiger partial charge in [0.25, 0.3) is 0 Å². The fourth-order valence-corrected chi connectivity index (χ4v) is 2.27. The van der Waals surface area contributed by atoms with Crippen LogP contribution in [0, 0.1) is 6.92 Å². The summed E-state index contributed by atoms with van der Waals surface area (Å²) in [6.45, 7) is 1.95. The Kier molecular flexibility index (Phi) is 2.22. The summed E-state index contributed by atoms with van der Waals surface area (Å²) in [7, 11) is 1.81. The number of thiazole rings is 1. The molecule has 0 aromatic carbocycles. The molecule has 0 aliphatic rings. The Morgan fingerprint density at radius 1 is 1.29 bits per heavy atom. The maximum atomic E-state index is 4.19. The van der Waals surface area contributed by atoms with Crippen LogP contribution in [0.1, 0.15) is 5.69 Å². The van der Waals surface area contributed by atoms with Crippen LogP contribution in [0.2, 0.25) is 0 Å². The molecule has 0 spiro atoms. The zero-order chi connectivity index (χ0) is 11.8. The van der Waals surface area contributed by atoms with E-state index in [1.807, 2.05) is 20.2 Å². The van der Waals surface area contributed by atoms with Gasteiger partial charge in [-0.2, -0.15) is 0 Å². The average molecular weight is 247 g/mol. The van der Waals surface area contributed by atoms with Crippen LogP contribution in [0.25, 0.3) is 16.4 Å². The zero-order valence-corrected chi connectivity index (χ0v) is 10.1. The van der Waals surface area contributed by atoms with Gasteiger partial charge in [0, 0.05) is 7.05 Å². The van der Waals surface area contributed by atoms with E-state index in [-0.39, 0.29) is 0 Å². The van der Waals surface area contributed by atoms with Crippen molar-refractivity contribution in [3.63, 3.8) is 0 Å². The van der Waals surface area contributed by atoms with E-state index in [0.29, 0.717) is 0 Å². The van der Waals surface area contributed by atoms with Gasteiger partial charge in [0.1, 0.15) is 5.69 Å². The summed E-state index contributed by atoms with van der Waals surface area (Å²) < 4.78 is 3.28. The maximum absolute atomic E-state index is 4.19. The molecule has 0 aliphatic carbocycles. The minimum absolute atomic E-state index is 0.769. The van der Waals surface area contributed by atoms with E-state index in [4.69, 9.17) is 0 Å². The second-order valence-electron chi connectivity index (χ2n) is 3.53. The van der Waals surface area contributed by atoms with Gasteiger partial charge in [0.05, 0.1) is 28.5 Å². The number of aryl methyl sites for hydroxylation is 2. The molecule has 0 atom stereocenters. The molecular formula is C9H9N7S. The first-order chi connectivity index (χ1) is 8.25. The summed E-state index contributed by atoms with van der Waals surface area (Å²) in [5.74, 6) is 0.769. The van der Waals surface area contributed by atoms with Crippen LogP contribution in [0.15, 0.2) is 17.9 Å². The quantitative estimate of drug-likeness (QED) is 0.670. The third-order valence-electron chi connectivity index (χ3n) is 2.40. The molecule has 0 saturated carbocycles. The molecule has 0 unspecified atom stereocenters. The van der Waals surface area contributed by atoms with Crippen molar-refractivity contribution in [2.45, 2.75) is 6.92 Å². The fraction of sp³-hybridized carbons (Fsp3) is 0.222. The monoisotopic (exact) mass is 247 g/mol. The zero-order valence-electron chi connectivity index (χ0n) is 9.27. The van der Waals surface area contributed by atoms with Crippen LogP contribution >= 0.6 is 11.3 Å². The van der Waals surface area contributed by atoms with Gasteiger partial charge < -0.3 is 0 Å². The first-order valence-electron chi connectivity index (χ1n) is 4.93. The van der Waals surface area contributed by atoms with Crippen molar-refractivity contribution in [2.75, 3.05) is 0 Å². The Morgan fingerprint density at radius 3 is 2.82 bits per heavy atom. The molecule has 3 rings (SSSR count). The number of aromatic nitrogens is 7. The van der Waals surface area contributed by atoms with Crippen LogP contribution in [0.5, 0.6) is 0 Å². The van der Waals surface area contributed by atoms with Gasteiger partial charge >= 0.3 is 0 Å². The molecule has 0 amide bonds. The predicted octanol–water partition coefficient (Wildman–Crippen LogP) is 0.828. The first kappa shape index (κ1) is 10.1. The molecule has 7 nitrogen and oxygen atoms in total. The number of hydrogen-bond donors (Lipinski definition) is 0. The highest BCUT2D eigenvalue weighted by Gasteiger charge is 2.11. The molecule has 0 N–H and O–H groups in total. The van der Waals surface area contributed by atoms with Gasteiger partial charge in [0.2, 0.25) is 0 Å². The highest BCUT2D eigenvalue weighted by atomic mass is 32.1. The van der Waals surface area contributed by atoms with Crippen molar-refractivity contribution >= 4 is 11.3 Å². The Balaban J connectivity index is 2.05. The van der Waals surface area contributed by atoms with Crippen molar-refractivity contribution in [1.82, 2.24) is 35.0 Å². The van der Waals surface area contributed by atoms with Crippen LogP contribution in [0.3, 0.4) is 0 Å². The second-order valence-corrected chi connectivity index (χ2v) is 4.39. The molecule has 3 aromatic rings. The van der Waals surface area contributed by atoms with Crippen LogP contribution < -0.4 is 0 Å². The van der Waals surface area contributed by atoms with Crippen molar-refractivity contribution in [3.05, 3.63) is 23.6 Å². The van der Waals surface area contributed by atoms with Gasteiger partial charge in [-0.15, -0.1) is 21.5 Å². The highest BCUT2D eigenvalue weighted by Crippen LogP contribution is 2.25. The summed E-state index contributed by atoms with van der Waals surface area (Å²) in [6.07, 6.45) is 3.48. The lowest BCUT2D eigenvalue weighted by molar-refractivity contribution is 0.660. The van der Waals surface area contributed by atoms with Crippen LogP contribution in [-0.2, 0) is 7.05 Å². The lowest BCUT2D eigenvalue weighted by atomic mass is 10.3. The summed E-state index contributed by atoms with van der Waals surface area (Å²) in [5, 5.41) is 15.8. The Labute approximate surface area is 101 Å². The van der Waals surface area contributed by atoms with Gasteiger partial charge in [-0.25, -0.2) is 14.3 Å². The first-order valence-corrected chi connectivity index (χ1v) is 5.81. The van der Waals surface area contributed by atoms with Crippen molar-refractivity contribution in [1.29, 1.82) is 0 Å². The predicted molar refractivity (Wildman–Crippen MR) is 61.8 cm³/mol. The Morgan fingerprint density at radius 2 is 2.18 bits per heavy atom. The van der Waals surface area contributed by atoms with E-state index in [1.54, 1.807) is 32.4 Å². The summed E-state index contributed by atoms with van der Waals surface area (Å²) >= 11 is 1.55. The Bertz CT molecular complexity index is 595. The molecule has 0 radical (unpaired) electrons. The van der Waals surface area contributed by atoms with Crippen LogP contribution in [-0.4, -0.2) is 35.0 Å². The Hall–Kier alpha value is -2.09. The van der Waals surface area contributed by atoms with E-state index >= 15 is 0 Å². The molecular weight excluding hydrogens is 238 g/mol. The van der Waals surface area contributed by atoms with Crippen molar-refractivity contribution in [2.24, 2.45) is 7.05 Å². The van der Waals surface area contributed by atoms with Gasteiger partial charge in [0.15, 0.2) is 5.82 Å². The van der Waals surface area contributed by atoms with E-state index in [1.165, 1.54) is 0 Å². The molecule has 3 aromatic heterocycles. The van der Waals surface area contributed by atoms with E-state index in [2.05, 4.69) is 25.6 Å². The molecule has 86 valence electrons. The molecule has 0 saturated heterocycles. The topological polar surface area (TPSA) is 74.3 Å². The van der Waals surface area contributed by atoms with E-state index < -0.39 is 0 Å². The standard InChI is InChI=1S/C9H9N7S/c1-6-9(17-5-10-6)7-4-16(14-12-7)8-3-11-13-15(8)2/h3-5H,1-2H3. The SMILES string of the molecule is Cc1ncsc1-c1cn(-c2cnnn2C)nn1. The van der Waals surface area contributed by atoms with Crippen LogP contribution in [0.4, 0.5) is 0 Å².